The van der Waals surface area contributed by atoms with Crippen LogP contribution < -0.4 is 0 Å². The van der Waals surface area contributed by atoms with Gasteiger partial charge in [0.15, 0.2) is 0 Å². The lowest BCUT2D eigenvalue weighted by Gasteiger charge is -2.02. The minimum Gasteiger partial charge on any atom is -0.387 e. The molecule has 0 aliphatic carbocycles. The fraction of sp³-hybridized carbons (Fsp3) is 0.222. The quantitative estimate of drug-likeness (QED) is 0.845. The van der Waals surface area contributed by atoms with E-state index in [2.05, 4.69) is 11.6 Å². The molecule has 1 rings (SSSR count). The summed E-state index contributed by atoms with van der Waals surface area (Å²) in [6, 6.07) is 3.66. The number of hydrogen-bond acceptors (Lipinski definition) is 2. The fourth-order valence-electron chi connectivity index (χ4n) is 0.821. The second-order valence-corrected chi connectivity index (χ2v) is 2.39. The van der Waals surface area contributed by atoms with E-state index < -0.39 is 6.10 Å². The lowest BCUT2D eigenvalue weighted by Crippen LogP contribution is -1.94. The van der Waals surface area contributed by atoms with Gasteiger partial charge in [0.2, 0.25) is 0 Å². The molecule has 0 amide bonds. The van der Waals surface area contributed by atoms with Crippen LogP contribution in [0.3, 0.4) is 0 Å². The number of hydrogen-bond donors (Lipinski definition) is 1. The van der Waals surface area contributed by atoms with E-state index in [-0.39, 0.29) is 17.0 Å². The van der Waals surface area contributed by atoms with E-state index in [4.69, 9.17) is 5.11 Å². The summed E-state index contributed by atoms with van der Waals surface area (Å²) in [5.74, 6) is 0. The smallest absolute Gasteiger partial charge is 0.0931 e. The fourth-order valence-corrected chi connectivity index (χ4v) is 0.821. The first kappa shape index (κ1) is 11.3. The third kappa shape index (κ3) is 2.75. The van der Waals surface area contributed by atoms with Crippen LogP contribution in [-0.2, 0) is 0 Å². The molecule has 1 atom stereocenters. The second kappa shape index (κ2) is 5.06. The molecule has 2 nitrogen and oxygen atoms in total. The largest absolute Gasteiger partial charge is 0.387 e. The van der Waals surface area contributed by atoms with Crippen LogP contribution in [0.4, 0.5) is 0 Å². The van der Waals surface area contributed by atoms with Gasteiger partial charge in [0.25, 0.3) is 0 Å². The highest BCUT2D eigenvalue weighted by Crippen LogP contribution is 2.10. The molecule has 1 unspecified atom stereocenters. The average Bonchev–Trinajstić information content (AvgIpc) is 2.05. The molecule has 0 saturated heterocycles. The topological polar surface area (TPSA) is 33.1 Å². The van der Waals surface area contributed by atoms with Crippen LogP contribution in [0, 0.1) is 0 Å². The number of rotatable bonds is 2. The van der Waals surface area contributed by atoms with E-state index >= 15 is 0 Å². The zero-order chi connectivity index (χ0) is 8.27. The summed E-state index contributed by atoms with van der Waals surface area (Å²) < 4.78 is 0. The van der Waals surface area contributed by atoms with Crippen LogP contribution in [0.25, 0.3) is 6.08 Å². The molecule has 0 aromatic carbocycles. The summed E-state index contributed by atoms with van der Waals surface area (Å²) in [5.41, 5.74) is 1.67. The summed E-state index contributed by atoms with van der Waals surface area (Å²) in [5, 5.41) is 9.15. The van der Waals surface area contributed by atoms with Crippen molar-refractivity contribution in [3.63, 3.8) is 0 Å². The lowest BCUT2D eigenvalue weighted by atomic mass is 10.2. The highest BCUT2D eigenvalue weighted by atomic mass is 79.9. The zero-order valence-corrected chi connectivity index (χ0v) is 8.61. The van der Waals surface area contributed by atoms with Crippen LogP contribution in [0.1, 0.15) is 24.3 Å². The molecule has 3 heteroatoms. The van der Waals surface area contributed by atoms with Gasteiger partial charge in [0.05, 0.1) is 11.8 Å². The Labute approximate surface area is 82.7 Å². The van der Waals surface area contributed by atoms with Crippen molar-refractivity contribution in [2.45, 2.75) is 13.0 Å². The summed E-state index contributed by atoms with van der Waals surface area (Å²) in [4.78, 5) is 3.99. The van der Waals surface area contributed by atoms with Crippen molar-refractivity contribution in [3.05, 3.63) is 36.2 Å². The molecular formula is C9H12BrNO. The van der Waals surface area contributed by atoms with E-state index in [1.54, 1.807) is 19.2 Å². The van der Waals surface area contributed by atoms with Crippen LogP contribution in [0.2, 0.25) is 0 Å². The van der Waals surface area contributed by atoms with Gasteiger partial charge in [-0.15, -0.1) is 17.0 Å². The number of aromatic nitrogens is 1. The first-order valence-corrected chi connectivity index (χ1v) is 3.50. The molecule has 1 heterocycles. The minimum atomic E-state index is -0.505. The van der Waals surface area contributed by atoms with E-state index in [0.29, 0.717) is 5.69 Å². The van der Waals surface area contributed by atoms with E-state index in [0.717, 1.165) is 5.56 Å². The van der Waals surface area contributed by atoms with E-state index in [1.807, 2.05) is 12.1 Å². The van der Waals surface area contributed by atoms with Gasteiger partial charge in [-0.1, -0.05) is 12.7 Å². The number of aliphatic hydroxyl groups excluding tert-OH is 1. The van der Waals surface area contributed by atoms with E-state index in [1.165, 1.54) is 0 Å². The summed E-state index contributed by atoms with van der Waals surface area (Å²) in [6.07, 6.45) is 2.89. The SMILES string of the molecule is Br.C=Cc1ccnc(C(C)O)c1. The second-order valence-electron chi connectivity index (χ2n) is 2.39. The molecule has 0 fully saturated rings. The molecule has 0 saturated carbocycles. The van der Waals surface area contributed by atoms with Gasteiger partial charge in [-0.3, -0.25) is 4.98 Å². The van der Waals surface area contributed by atoms with E-state index in [9.17, 15) is 0 Å². The molecule has 0 spiro atoms. The Balaban J connectivity index is 0.00000121. The third-order valence-corrected chi connectivity index (χ3v) is 1.47. The molecule has 1 aromatic rings. The Morgan fingerprint density at radius 2 is 2.33 bits per heavy atom. The van der Waals surface area contributed by atoms with Gasteiger partial charge >= 0.3 is 0 Å². The number of aliphatic hydroxyl groups is 1. The lowest BCUT2D eigenvalue weighted by molar-refractivity contribution is 0.194. The van der Waals surface area contributed by atoms with Crippen LogP contribution >= 0.6 is 17.0 Å². The first-order chi connectivity index (χ1) is 5.24. The Morgan fingerprint density at radius 3 is 2.83 bits per heavy atom. The normalized spacial score (nSPS) is 11.5. The van der Waals surface area contributed by atoms with Crippen molar-refractivity contribution >= 4 is 23.1 Å². The molecule has 0 aliphatic rings. The zero-order valence-electron chi connectivity index (χ0n) is 6.90. The maximum absolute atomic E-state index is 9.15. The van der Waals surface area contributed by atoms with Crippen LogP contribution in [0.5, 0.6) is 0 Å². The average molecular weight is 230 g/mol. The molecule has 1 aromatic heterocycles. The van der Waals surface area contributed by atoms with Crippen LogP contribution in [0.15, 0.2) is 24.9 Å². The molecule has 12 heavy (non-hydrogen) atoms. The number of halogens is 1. The molecule has 1 N–H and O–H groups in total. The Morgan fingerprint density at radius 1 is 1.67 bits per heavy atom. The maximum atomic E-state index is 9.15. The monoisotopic (exact) mass is 229 g/mol. The molecule has 0 bridgehead atoms. The van der Waals surface area contributed by atoms with Crippen molar-refractivity contribution < 1.29 is 5.11 Å². The molecule has 0 aliphatic heterocycles. The molecular weight excluding hydrogens is 218 g/mol. The van der Waals surface area contributed by atoms with Crippen molar-refractivity contribution in [1.82, 2.24) is 4.98 Å². The Hall–Kier alpha value is -0.670. The van der Waals surface area contributed by atoms with Gasteiger partial charge in [-0.2, -0.15) is 0 Å². The predicted molar refractivity (Wildman–Crippen MR) is 55.3 cm³/mol. The predicted octanol–water partition coefficient (Wildman–Crippen LogP) is 2.36. The number of nitrogens with zero attached hydrogens (tertiary/aromatic N) is 1. The third-order valence-electron chi connectivity index (χ3n) is 1.47. The van der Waals surface area contributed by atoms with Gasteiger partial charge in [-0.05, 0) is 24.6 Å². The summed E-state index contributed by atoms with van der Waals surface area (Å²) in [6.45, 7) is 5.31. The van der Waals surface area contributed by atoms with Crippen molar-refractivity contribution in [2.24, 2.45) is 0 Å². The molecule has 0 radical (unpaired) electrons. The highest BCUT2D eigenvalue weighted by molar-refractivity contribution is 8.93. The first-order valence-electron chi connectivity index (χ1n) is 3.50. The standard InChI is InChI=1S/C9H11NO.BrH/c1-3-8-4-5-10-9(6-8)7(2)11;/h3-7,11H,1H2,2H3;1H. The van der Waals surface area contributed by atoms with Gasteiger partial charge < -0.3 is 5.11 Å². The van der Waals surface area contributed by atoms with Gasteiger partial charge in [-0.25, -0.2) is 0 Å². The number of pyridine rings is 1. The van der Waals surface area contributed by atoms with Crippen molar-refractivity contribution in [3.8, 4) is 0 Å². The maximum Gasteiger partial charge on any atom is 0.0931 e. The summed E-state index contributed by atoms with van der Waals surface area (Å²) in [7, 11) is 0. The van der Waals surface area contributed by atoms with Crippen molar-refractivity contribution in [1.29, 1.82) is 0 Å². The Kier molecular flexibility index (Phi) is 4.78. The molecule has 66 valence electrons. The van der Waals surface area contributed by atoms with Crippen LogP contribution in [-0.4, -0.2) is 10.1 Å². The van der Waals surface area contributed by atoms with Crippen molar-refractivity contribution in [2.75, 3.05) is 0 Å². The Bertz CT molecular complexity index is 260. The van der Waals surface area contributed by atoms with Gasteiger partial charge in [0.1, 0.15) is 0 Å². The minimum absolute atomic E-state index is 0. The summed E-state index contributed by atoms with van der Waals surface area (Å²) >= 11 is 0. The highest BCUT2D eigenvalue weighted by Gasteiger charge is 2.00. The van der Waals surface area contributed by atoms with Gasteiger partial charge in [0, 0.05) is 6.20 Å².